The Hall–Kier alpha value is -4.26. The van der Waals surface area contributed by atoms with Gasteiger partial charge in [0, 0.05) is 80.3 Å². The van der Waals surface area contributed by atoms with Gasteiger partial charge < -0.3 is 14.6 Å². The van der Waals surface area contributed by atoms with Crippen LogP contribution < -0.4 is 5.56 Å². The van der Waals surface area contributed by atoms with Gasteiger partial charge in [-0.2, -0.15) is 0 Å². The first kappa shape index (κ1) is 29.5. The minimum absolute atomic E-state index is 0.0606. The number of amides is 1. The first-order valence-electron chi connectivity index (χ1n) is 15.4. The first-order chi connectivity index (χ1) is 21.9. The van der Waals surface area contributed by atoms with Crippen molar-refractivity contribution in [2.75, 3.05) is 26.2 Å². The summed E-state index contributed by atoms with van der Waals surface area (Å²) in [5.74, 6) is 0.0744. The lowest BCUT2D eigenvalue weighted by Gasteiger charge is -2.43. The van der Waals surface area contributed by atoms with Crippen LogP contribution >= 0.6 is 11.3 Å². The molecule has 12 heteroatoms. The van der Waals surface area contributed by atoms with E-state index in [1.807, 2.05) is 47.1 Å². The fourth-order valence-corrected chi connectivity index (χ4v) is 7.72. The van der Waals surface area contributed by atoms with Gasteiger partial charge in [-0.05, 0) is 37.4 Å². The standard InChI is InChI=1S/C33H36N8O3S/c1-38-11-7-27-29(38)37-22-41(32(27)43)20-33(44)9-13-40(14-10-33)31(42)26-8-12-39(19-28(26)23-5-3-2-4-6-23)18-25-17-36-30(45-25)24-15-34-21-35-16-24/h2-7,11,15-17,21-22,26,28,44H,8-10,12-14,18-20H2,1H3/t26-,28+/m1/s1. The maximum atomic E-state index is 14.1. The molecule has 2 atom stereocenters. The highest BCUT2D eigenvalue weighted by atomic mass is 32.1. The topological polar surface area (TPSA) is 122 Å². The van der Waals surface area contributed by atoms with Crippen molar-refractivity contribution in [3.63, 3.8) is 0 Å². The number of benzene rings is 1. The number of nitrogens with zero attached hydrogens (tertiary/aromatic N) is 8. The van der Waals surface area contributed by atoms with Gasteiger partial charge in [-0.15, -0.1) is 11.3 Å². The van der Waals surface area contributed by atoms with E-state index in [2.05, 4.69) is 37.0 Å². The molecular formula is C33H36N8O3S. The van der Waals surface area contributed by atoms with Gasteiger partial charge in [0.25, 0.3) is 5.56 Å². The number of rotatable bonds is 7. The molecule has 0 spiro atoms. The van der Waals surface area contributed by atoms with Gasteiger partial charge in [-0.25, -0.2) is 19.9 Å². The number of likely N-dealkylation sites (tertiary alicyclic amines) is 2. The highest BCUT2D eigenvalue weighted by molar-refractivity contribution is 7.15. The summed E-state index contributed by atoms with van der Waals surface area (Å²) in [6.07, 6.45) is 11.9. The second-order valence-electron chi connectivity index (χ2n) is 12.3. The zero-order valence-corrected chi connectivity index (χ0v) is 26.0. The molecule has 1 amide bonds. The Morgan fingerprint density at radius 1 is 1.04 bits per heavy atom. The molecule has 6 heterocycles. The number of hydrogen-bond acceptors (Lipinski definition) is 9. The zero-order chi connectivity index (χ0) is 31.0. The quantitative estimate of drug-likeness (QED) is 0.293. The smallest absolute Gasteiger partial charge is 0.262 e. The molecule has 1 N–H and O–H groups in total. The van der Waals surface area contributed by atoms with E-state index in [1.54, 1.807) is 29.8 Å². The Morgan fingerprint density at radius 3 is 2.60 bits per heavy atom. The Balaban J connectivity index is 1.02. The minimum Gasteiger partial charge on any atom is -0.388 e. The number of carbonyl (C=O) groups is 1. The third-order valence-electron chi connectivity index (χ3n) is 9.30. The second kappa shape index (κ2) is 12.3. The van der Waals surface area contributed by atoms with Crippen molar-refractivity contribution in [2.45, 2.75) is 43.9 Å². The number of aryl methyl sites for hydroxylation is 1. The average molecular weight is 625 g/mol. The largest absolute Gasteiger partial charge is 0.388 e. The molecule has 4 aromatic heterocycles. The lowest BCUT2D eigenvalue weighted by molar-refractivity contribution is -0.142. The van der Waals surface area contributed by atoms with Crippen LogP contribution in [-0.4, -0.2) is 81.7 Å². The number of hydrogen-bond donors (Lipinski definition) is 1. The summed E-state index contributed by atoms with van der Waals surface area (Å²) >= 11 is 1.65. The van der Waals surface area contributed by atoms with E-state index < -0.39 is 5.60 Å². The summed E-state index contributed by atoms with van der Waals surface area (Å²) in [7, 11) is 1.85. The van der Waals surface area contributed by atoms with Gasteiger partial charge in [0.15, 0.2) is 0 Å². The fourth-order valence-electron chi connectivity index (χ4n) is 6.79. The molecule has 7 rings (SSSR count). The van der Waals surface area contributed by atoms with E-state index in [0.717, 1.165) is 36.6 Å². The van der Waals surface area contributed by atoms with E-state index in [4.69, 9.17) is 0 Å². The van der Waals surface area contributed by atoms with Crippen molar-refractivity contribution in [3.05, 3.63) is 94.6 Å². The van der Waals surface area contributed by atoms with Crippen molar-refractivity contribution in [2.24, 2.45) is 13.0 Å². The normalized spacial score (nSPS) is 20.4. The van der Waals surface area contributed by atoms with Gasteiger partial charge in [0.1, 0.15) is 23.3 Å². The van der Waals surface area contributed by atoms with Crippen molar-refractivity contribution in [1.29, 1.82) is 0 Å². The monoisotopic (exact) mass is 624 g/mol. The fraction of sp³-hybridized carbons (Fsp3) is 0.394. The summed E-state index contributed by atoms with van der Waals surface area (Å²) in [6.45, 7) is 3.44. The Bertz CT molecular complexity index is 1850. The molecule has 0 aliphatic carbocycles. The van der Waals surface area contributed by atoms with Crippen molar-refractivity contribution < 1.29 is 9.90 Å². The van der Waals surface area contributed by atoms with Crippen LogP contribution in [0.25, 0.3) is 21.6 Å². The molecule has 2 saturated heterocycles. The Labute approximate surface area is 264 Å². The molecule has 0 bridgehead atoms. The summed E-state index contributed by atoms with van der Waals surface area (Å²) < 4.78 is 3.31. The molecule has 0 saturated carbocycles. The van der Waals surface area contributed by atoms with Crippen molar-refractivity contribution in [1.82, 2.24) is 38.9 Å². The number of aromatic nitrogens is 6. The third-order valence-corrected chi connectivity index (χ3v) is 10.3. The van der Waals surface area contributed by atoms with E-state index in [-0.39, 0.29) is 29.8 Å². The molecule has 2 aliphatic rings. The molecule has 2 fully saturated rings. The molecule has 5 aromatic rings. The van der Waals surface area contributed by atoms with Crippen LogP contribution in [0, 0.1) is 5.92 Å². The maximum absolute atomic E-state index is 14.1. The van der Waals surface area contributed by atoms with E-state index in [0.29, 0.717) is 37.0 Å². The first-order valence-corrected chi connectivity index (χ1v) is 16.2. The van der Waals surface area contributed by atoms with Gasteiger partial charge in [-0.1, -0.05) is 30.3 Å². The highest BCUT2D eigenvalue weighted by Crippen LogP contribution is 2.36. The van der Waals surface area contributed by atoms with Crippen LogP contribution in [0.5, 0.6) is 0 Å². The average Bonchev–Trinajstić information content (AvgIpc) is 3.70. The van der Waals surface area contributed by atoms with Gasteiger partial charge in [0.2, 0.25) is 5.91 Å². The minimum atomic E-state index is -1.08. The molecule has 0 unspecified atom stereocenters. The predicted molar refractivity (Wildman–Crippen MR) is 171 cm³/mol. The molecular weight excluding hydrogens is 588 g/mol. The summed E-state index contributed by atoms with van der Waals surface area (Å²) in [4.78, 5) is 49.9. The summed E-state index contributed by atoms with van der Waals surface area (Å²) in [6, 6.07) is 12.1. The molecule has 232 valence electrons. The van der Waals surface area contributed by atoms with Crippen LogP contribution in [0.1, 0.15) is 35.6 Å². The molecule has 1 aromatic carbocycles. The zero-order valence-electron chi connectivity index (χ0n) is 25.2. The Kier molecular flexibility index (Phi) is 8.03. The highest BCUT2D eigenvalue weighted by Gasteiger charge is 2.41. The molecule has 45 heavy (non-hydrogen) atoms. The lowest BCUT2D eigenvalue weighted by atomic mass is 9.79. The Morgan fingerprint density at radius 2 is 1.82 bits per heavy atom. The van der Waals surface area contributed by atoms with Gasteiger partial charge in [-0.3, -0.25) is 19.1 Å². The van der Waals surface area contributed by atoms with E-state index in [1.165, 1.54) is 27.7 Å². The van der Waals surface area contributed by atoms with Gasteiger partial charge in [0.05, 0.1) is 17.5 Å². The van der Waals surface area contributed by atoms with Crippen LogP contribution in [0.4, 0.5) is 0 Å². The third kappa shape index (κ3) is 6.05. The van der Waals surface area contributed by atoms with Gasteiger partial charge >= 0.3 is 0 Å². The number of aliphatic hydroxyl groups is 1. The van der Waals surface area contributed by atoms with Crippen LogP contribution in [0.3, 0.4) is 0 Å². The lowest BCUT2D eigenvalue weighted by Crippen LogP contribution is -2.53. The molecule has 11 nitrogen and oxygen atoms in total. The van der Waals surface area contributed by atoms with Crippen LogP contribution in [-0.2, 0) is 24.9 Å². The van der Waals surface area contributed by atoms with Crippen molar-refractivity contribution in [3.8, 4) is 10.6 Å². The molecule has 2 aliphatic heterocycles. The van der Waals surface area contributed by atoms with Crippen molar-refractivity contribution >= 4 is 28.3 Å². The number of carbonyl (C=O) groups excluding carboxylic acids is 1. The predicted octanol–water partition coefficient (Wildman–Crippen LogP) is 3.31. The maximum Gasteiger partial charge on any atom is 0.262 e. The van der Waals surface area contributed by atoms with Crippen LogP contribution in [0.2, 0.25) is 0 Å². The summed E-state index contributed by atoms with van der Waals surface area (Å²) in [5, 5.41) is 12.9. The number of piperidine rings is 2. The summed E-state index contributed by atoms with van der Waals surface area (Å²) in [5.41, 5.74) is 1.47. The van der Waals surface area contributed by atoms with Crippen LogP contribution in [0.15, 0.2) is 78.6 Å². The number of thiazole rings is 1. The number of fused-ring (bicyclic) bond motifs is 1. The SMILES string of the molecule is Cn1ccc2c(=O)n(CC3(O)CCN(C(=O)[C@@H]4CCN(Cc5cnc(-c6cncnc6)s5)C[C@H]4c4ccccc4)CC3)cnc21. The van der Waals surface area contributed by atoms with E-state index in [9.17, 15) is 14.7 Å². The second-order valence-corrected chi connectivity index (χ2v) is 13.4. The van der Waals surface area contributed by atoms with E-state index >= 15 is 0 Å². The molecule has 0 radical (unpaired) electrons.